The summed E-state index contributed by atoms with van der Waals surface area (Å²) in [6.07, 6.45) is 2.13. The van der Waals surface area contributed by atoms with E-state index in [-0.39, 0.29) is 6.61 Å². The van der Waals surface area contributed by atoms with Crippen molar-refractivity contribution >= 4 is 11.8 Å². The summed E-state index contributed by atoms with van der Waals surface area (Å²) in [6, 6.07) is 0. The lowest BCUT2D eigenvalue weighted by atomic mass is 10.1. The van der Waals surface area contributed by atoms with E-state index >= 15 is 0 Å². The van der Waals surface area contributed by atoms with E-state index < -0.39 is 0 Å². The standard InChI is InChI=1S/C8H12N2O2S/c11-4-8-9-7(10-12-8)3-6-1-2-13-5-6/h6,11H,1-5H2. The normalized spacial score (nSPS) is 22.4. The third-order valence-electron chi connectivity index (χ3n) is 2.14. The van der Waals surface area contributed by atoms with E-state index in [0.717, 1.165) is 12.2 Å². The van der Waals surface area contributed by atoms with Crippen LogP contribution >= 0.6 is 11.8 Å². The summed E-state index contributed by atoms with van der Waals surface area (Å²) in [5.41, 5.74) is 0. The average Bonchev–Trinajstić information content (AvgIpc) is 2.76. The zero-order chi connectivity index (χ0) is 9.10. The topological polar surface area (TPSA) is 59.2 Å². The van der Waals surface area contributed by atoms with Gasteiger partial charge in [0.25, 0.3) is 5.89 Å². The Hall–Kier alpha value is -0.550. The fourth-order valence-electron chi connectivity index (χ4n) is 1.44. The molecule has 2 rings (SSSR count). The van der Waals surface area contributed by atoms with Gasteiger partial charge >= 0.3 is 0 Å². The van der Waals surface area contributed by atoms with Gasteiger partial charge in [-0.15, -0.1) is 0 Å². The summed E-state index contributed by atoms with van der Waals surface area (Å²) in [4.78, 5) is 4.06. The summed E-state index contributed by atoms with van der Waals surface area (Å²) in [6.45, 7) is -0.160. The SMILES string of the molecule is OCc1nc(CC2CCSC2)no1. The molecule has 72 valence electrons. The zero-order valence-electron chi connectivity index (χ0n) is 7.27. The van der Waals surface area contributed by atoms with Crippen molar-refractivity contribution in [2.24, 2.45) is 5.92 Å². The molecule has 1 atom stereocenters. The lowest BCUT2D eigenvalue weighted by molar-refractivity contribution is 0.222. The van der Waals surface area contributed by atoms with Crippen molar-refractivity contribution in [1.82, 2.24) is 10.1 Å². The molecule has 2 heterocycles. The fraction of sp³-hybridized carbons (Fsp3) is 0.750. The number of rotatable bonds is 3. The predicted octanol–water partition coefficient (Wildman–Crippen LogP) is 0.858. The van der Waals surface area contributed by atoms with Gasteiger partial charge in [-0.05, 0) is 23.8 Å². The van der Waals surface area contributed by atoms with Gasteiger partial charge in [0.1, 0.15) is 6.61 Å². The minimum absolute atomic E-state index is 0.160. The van der Waals surface area contributed by atoms with Gasteiger partial charge in [-0.3, -0.25) is 0 Å². The van der Waals surface area contributed by atoms with Crippen LogP contribution in [0.15, 0.2) is 4.52 Å². The van der Waals surface area contributed by atoms with E-state index in [2.05, 4.69) is 10.1 Å². The lowest BCUT2D eigenvalue weighted by Gasteiger charge is -2.01. The molecule has 4 nitrogen and oxygen atoms in total. The molecule has 0 radical (unpaired) electrons. The first kappa shape index (κ1) is 9.02. The molecule has 13 heavy (non-hydrogen) atoms. The number of aliphatic hydroxyl groups excluding tert-OH is 1. The molecule has 5 heteroatoms. The van der Waals surface area contributed by atoms with Crippen LogP contribution in [-0.4, -0.2) is 26.8 Å². The summed E-state index contributed by atoms with van der Waals surface area (Å²) < 4.78 is 4.81. The molecule has 0 amide bonds. The third kappa shape index (κ3) is 2.22. The summed E-state index contributed by atoms with van der Waals surface area (Å²) in [7, 11) is 0. The van der Waals surface area contributed by atoms with Crippen LogP contribution in [0.5, 0.6) is 0 Å². The minimum atomic E-state index is -0.160. The van der Waals surface area contributed by atoms with E-state index in [0.29, 0.717) is 11.8 Å². The molecule has 0 aliphatic carbocycles. The highest BCUT2D eigenvalue weighted by molar-refractivity contribution is 7.99. The smallest absolute Gasteiger partial charge is 0.252 e. The van der Waals surface area contributed by atoms with Crippen molar-refractivity contribution in [3.63, 3.8) is 0 Å². The number of aromatic nitrogens is 2. The summed E-state index contributed by atoms with van der Waals surface area (Å²) >= 11 is 1.98. The first-order valence-electron chi connectivity index (χ1n) is 4.38. The second-order valence-corrected chi connectivity index (χ2v) is 4.35. The van der Waals surface area contributed by atoms with Crippen LogP contribution in [0.1, 0.15) is 18.1 Å². The van der Waals surface area contributed by atoms with Gasteiger partial charge < -0.3 is 9.63 Å². The molecule has 0 spiro atoms. The molecule has 1 aromatic rings. The van der Waals surface area contributed by atoms with Crippen LogP contribution in [0.2, 0.25) is 0 Å². The quantitative estimate of drug-likeness (QED) is 0.784. The highest BCUT2D eigenvalue weighted by atomic mass is 32.2. The molecule has 1 unspecified atom stereocenters. The predicted molar refractivity (Wildman–Crippen MR) is 49.4 cm³/mol. The highest BCUT2D eigenvalue weighted by Gasteiger charge is 2.18. The molecule has 1 aliphatic rings. The Labute approximate surface area is 80.7 Å². The Morgan fingerprint density at radius 3 is 3.15 bits per heavy atom. The van der Waals surface area contributed by atoms with Crippen molar-refractivity contribution in [2.45, 2.75) is 19.4 Å². The molecule has 1 aromatic heterocycles. The number of aliphatic hydroxyl groups is 1. The lowest BCUT2D eigenvalue weighted by Crippen LogP contribution is -2.03. The average molecular weight is 200 g/mol. The first-order valence-corrected chi connectivity index (χ1v) is 5.54. The van der Waals surface area contributed by atoms with Crippen molar-refractivity contribution < 1.29 is 9.63 Å². The van der Waals surface area contributed by atoms with E-state index in [1.54, 1.807) is 0 Å². The Morgan fingerprint density at radius 1 is 1.62 bits per heavy atom. The Balaban J connectivity index is 1.92. The number of nitrogens with zero attached hydrogens (tertiary/aromatic N) is 2. The highest BCUT2D eigenvalue weighted by Crippen LogP contribution is 2.25. The molecule has 0 aromatic carbocycles. The molecule has 1 N–H and O–H groups in total. The second kappa shape index (κ2) is 4.11. The van der Waals surface area contributed by atoms with Crippen LogP contribution in [-0.2, 0) is 13.0 Å². The van der Waals surface area contributed by atoms with Gasteiger partial charge in [-0.1, -0.05) is 5.16 Å². The second-order valence-electron chi connectivity index (χ2n) is 3.20. The van der Waals surface area contributed by atoms with E-state index in [9.17, 15) is 0 Å². The number of hydrogen-bond acceptors (Lipinski definition) is 5. The van der Waals surface area contributed by atoms with Crippen LogP contribution in [0, 0.1) is 5.92 Å². The number of thioether (sulfide) groups is 1. The van der Waals surface area contributed by atoms with Crippen LogP contribution < -0.4 is 0 Å². The Morgan fingerprint density at radius 2 is 2.54 bits per heavy atom. The molecule has 1 fully saturated rings. The van der Waals surface area contributed by atoms with E-state index in [1.807, 2.05) is 11.8 Å². The molecule has 1 saturated heterocycles. The largest absolute Gasteiger partial charge is 0.387 e. The molecular formula is C8H12N2O2S. The third-order valence-corrected chi connectivity index (χ3v) is 3.37. The summed E-state index contributed by atoms with van der Waals surface area (Å²) in [5.74, 6) is 4.18. The maximum Gasteiger partial charge on any atom is 0.252 e. The Kier molecular flexibility index (Phi) is 2.85. The van der Waals surface area contributed by atoms with Gasteiger partial charge in [-0.2, -0.15) is 16.7 Å². The molecular weight excluding hydrogens is 188 g/mol. The Bertz CT molecular complexity index is 271. The zero-order valence-corrected chi connectivity index (χ0v) is 8.09. The van der Waals surface area contributed by atoms with Crippen molar-refractivity contribution in [1.29, 1.82) is 0 Å². The van der Waals surface area contributed by atoms with Gasteiger partial charge in [-0.25, -0.2) is 0 Å². The minimum Gasteiger partial charge on any atom is -0.387 e. The van der Waals surface area contributed by atoms with E-state index in [1.165, 1.54) is 17.9 Å². The van der Waals surface area contributed by atoms with Crippen molar-refractivity contribution in [2.75, 3.05) is 11.5 Å². The molecule has 0 bridgehead atoms. The maximum absolute atomic E-state index is 8.71. The fourth-order valence-corrected chi connectivity index (χ4v) is 2.72. The van der Waals surface area contributed by atoms with Crippen LogP contribution in [0.3, 0.4) is 0 Å². The van der Waals surface area contributed by atoms with Crippen molar-refractivity contribution in [3.8, 4) is 0 Å². The van der Waals surface area contributed by atoms with E-state index in [4.69, 9.17) is 9.63 Å². The van der Waals surface area contributed by atoms with Crippen molar-refractivity contribution in [3.05, 3.63) is 11.7 Å². The van der Waals surface area contributed by atoms with Gasteiger partial charge in [0, 0.05) is 6.42 Å². The van der Waals surface area contributed by atoms with Gasteiger partial charge in [0.2, 0.25) is 0 Å². The monoisotopic (exact) mass is 200 g/mol. The number of hydrogen-bond donors (Lipinski definition) is 1. The van der Waals surface area contributed by atoms with Gasteiger partial charge in [0.15, 0.2) is 5.82 Å². The van der Waals surface area contributed by atoms with Gasteiger partial charge in [0.05, 0.1) is 0 Å². The van der Waals surface area contributed by atoms with Crippen LogP contribution in [0.4, 0.5) is 0 Å². The van der Waals surface area contributed by atoms with Crippen LogP contribution in [0.25, 0.3) is 0 Å². The molecule has 1 aliphatic heterocycles. The molecule has 0 saturated carbocycles. The maximum atomic E-state index is 8.71. The summed E-state index contributed by atoms with van der Waals surface area (Å²) in [5, 5.41) is 12.5. The first-order chi connectivity index (χ1) is 6.38.